The quantitative estimate of drug-likeness (QED) is 0.0622. The van der Waals surface area contributed by atoms with E-state index in [2.05, 4.69) is 5.32 Å². The maximum absolute atomic E-state index is 10.5. The Labute approximate surface area is 396 Å². The van der Waals surface area contributed by atoms with E-state index in [1.807, 2.05) is 119 Å². The number of nitrogens with two attached hydrogens (primary N) is 1. The summed E-state index contributed by atoms with van der Waals surface area (Å²) >= 11 is 12.3. The van der Waals surface area contributed by atoms with Crippen molar-refractivity contribution in [1.29, 1.82) is 0 Å². The molecule has 6 rings (SSSR count). The fraction of sp³-hybridized carbons (Fsp3) is 0.288. The summed E-state index contributed by atoms with van der Waals surface area (Å²) in [5.74, 6) is 2.86. The van der Waals surface area contributed by atoms with Gasteiger partial charge in [0.2, 0.25) is 0 Å². The van der Waals surface area contributed by atoms with Crippen molar-refractivity contribution in [3.8, 4) is 23.0 Å². The van der Waals surface area contributed by atoms with Crippen LogP contribution >= 0.6 is 35.6 Å². The summed E-state index contributed by atoms with van der Waals surface area (Å²) in [4.78, 5) is 10.5. The Morgan fingerprint density at radius 3 is 1.41 bits per heavy atom. The monoisotopic (exact) mass is 934 g/mol. The zero-order valence-corrected chi connectivity index (χ0v) is 37.8. The number of rotatable bonds is 18. The van der Waals surface area contributed by atoms with E-state index in [9.17, 15) is 15.0 Å². The zero-order valence-electron chi connectivity index (χ0n) is 35.5. The summed E-state index contributed by atoms with van der Waals surface area (Å²) in [6.07, 6.45) is -0.372. The highest BCUT2D eigenvalue weighted by molar-refractivity contribution is 6.32. The number of hydrogen-bond donors (Lipinski definition) is 4. The second-order valence-corrected chi connectivity index (χ2v) is 15.3. The van der Waals surface area contributed by atoms with Crippen molar-refractivity contribution in [3.63, 3.8) is 0 Å². The summed E-state index contributed by atoms with van der Waals surface area (Å²) in [6.45, 7) is 10.1. The topological polar surface area (TPSA) is 132 Å². The maximum atomic E-state index is 10.5. The first kappa shape index (κ1) is 56.9. The zero-order chi connectivity index (χ0) is 44.0. The lowest BCUT2D eigenvalue weighted by Crippen LogP contribution is -2.21. The molecule has 0 saturated heterocycles. The van der Waals surface area contributed by atoms with Crippen LogP contribution < -0.4 is 30.0 Å². The van der Waals surface area contributed by atoms with E-state index >= 15 is 0 Å². The fourth-order valence-corrected chi connectivity index (χ4v) is 6.05. The number of nitrogens with one attached hydrogen (secondary N) is 1. The molecule has 5 N–H and O–H groups in total. The van der Waals surface area contributed by atoms with Gasteiger partial charge in [-0.15, -0.1) is 12.4 Å². The third-order valence-corrected chi connectivity index (χ3v) is 9.32. The highest BCUT2D eigenvalue weighted by atomic mass is 35.5. The van der Waals surface area contributed by atoms with E-state index in [4.69, 9.17) is 47.9 Å². The smallest absolute Gasteiger partial charge is 0.150 e. The van der Waals surface area contributed by atoms with Gasteiger partial charge in [0.25, 0.3) is 0 Å². The normalized spacial score (nSPS) is 11.1. The molecule has 0 aliphatic heterocycles. The van der Waals surface area contributed by atoms with Crippen LogP contribution in [0.1, 0.15) is 92.9 Å². The minimum atomic E-state index is -0.671. The second-order valence-electron chi connectivity index (χ2n) is 14.5. The minimum Gasteiger partial charge on any atom is -0.489 e. The van der Waals surface area contributed by atoms with Gasteiger partial charge in [-0.2, -0.15) is 0 Å². The van der Waals surface area contributed by atoms with Crippen LogP contribution in [0.5, 0.6) is 23.0 Å². The third-order valence-electron chi connectivity index (χ3n) is 8.73. The Morgan fingerprint density at radius 1 is 0.594 bits per heavy atom. The SMILES string of the molecule is C.C.CC(C)Oc1ccc(C(O)CN)cc1Cl.CC(C)Oc1ccc(C(O)CNCc2ccc(OCc3ccccc3)cc2)cc1Cl.Cl.O=Cc1ccc(OCc2ccccc2)cc1. The first-order valence-corrected chi connectivity index (χ1v) is 20.9. The van der Waals surface area contributed by atoms with Gasteiger partial charge in [-0.25, -0.2) is 0 Å². The van der Waals surface area contributed by atoms with Crippen LogP contribution in [0.4, 0.5) is 0 Å². The standard InChI is InChI=1S/C25H28ClNO3.C14H12O2.C11H16ClNO2.2CH4.ClH/c1-18(2)30-25-13-10-21(14-23(25)26)24(28)16-27-15-19-8-11-22(12-9-19)29-17-20-6-4-3-5-7-20;15-10-12-6-8-14(9-7-12)16-11-13-4-2-1-3-5-13;1-7(2)15-11-4-3-8(5-9(11)12)10(14)6-13;;;/h3-14,18,24,27-28H,15-17H2,1-2H3;1-10H,11H2;3-5,7,10,14H,6,13H2,1-2H3;2*1H4;1H. The van der Waals surface area contributed by atoms with Crippen molar-refractivity contribution in [2.45, 2.75) is 86.7 Å². The van der Waals surface area contributed by atoms with Crippen LogP contribution in [-0.4, -0.2) is 41.8 Å². The number of carbonyl (C=O) groups excluding carboxylic acids is 1. The van der Waals surface area contributed by atoms with E-state index < -0.39 is 12.2 Å². The van der Waals surface area contributed by atoms with Gasteiger partial charge in [-0.1, -0.05) is 123 Å². The number of aldehydes is 1. The molecule has 0 aromatic heterocycles. The molecular weight excluding hydrogens is 871 g/mol. The van der Waals surface area contributed by atoms with E-state index in [0.29, 0.717) is 59.0 Å². The van der Waals surface area contributed by atoms with E-state index in [-0.39, 0.29) is 46.0 Å². The molecule has 6 aromatic carbocycles. The molecule has 0 aliphatic rings. The van der Waals surface area contributed by atoms with E-state index in [0.717, 1.165) is 40.0 Å². The summed E-state index contributed by atoms with van der Waals surface area (Å²) in [6, 6.07) is 45.7. The van der Waals surface area contributed by atoms with Crippen LogP contribution in [-0.2, 0) is 19.8 Å². The van der Waals surface area contributed by atoms with Crippen LogP contribution in [0.25, 0.3) is 0 Å². The number of halogens is 3. The fourth-order valence-electron chi connectivity index (χ4n) is 5.58. The molecule has 2 unspecified atom stereocenters. The maximum Gasteiger partial charge on any atom is 0.150 e. The molecule has 0 amide bonds. The van der Waals surface area contributed by atoms with Crippen molar-refractivity contribution in [2.75, 3.05) is 13.1 Å². The molecule has 0 aliphatic carbocycles. The van der Waals surface area contributed by atoms with Crippen molar-refractivity contribution < 1.29 is 34.0 Å². The van der Waals surface area contributed by atoms with Gasteiger partial charge >= 0.3 is 0 Å². The number of aliphatic hydroxyl groups is 2. The number of ether oxygens (including phenoxy) is 4. The van der Waals surface area contributed by atoms with Crippen LogP contribution in [0, 0.1) is 0 Å². The van der Waals surface area contributed by atoms with Gasteiger partial charge in [-0.05, 0) is 116 Å². The van der Waals surface area contributed by atoms with Gasteiger partial charge in [-0.3, -0.25) is 4.79 Å². The molecule has 2 atom stereocenters. The molecule has 0 bridgehead atoms. The highest BCUT2D eigenvalue weighted by Gasteiger charge is 2.12. The first-order chi connectivity index (χ1) is 29.4. The van der Waals surface area contributed by atoms with Gasteiger partial charge in [0.15, 0.2) is 0 Å². The molecule has 346 valence electrons. The lowest BCUT2D eigenvalue weighted by Gasteiger charge is -2.16. The number of hydrogen-bond acceptors (Lipinski definition) is 9. The van der Waals surface area contributed by atoms with E-state index in [1.165, 1.54) is 0 Å². The van der Waals surface area contributed by atoms with Gasteiger partial charge < -0.3 is 40.2 Å². The van der Waals surface area contributed by atoms with Gasteiger partial charge in [0.05, 0.1) is 34.5 Å². The summed E-state index contributed by atoms with van der Waals surface area (Å²) in [5.41, 5.74) is 10.9. The second kappa shape index (κ2) is 30.9. The number of aliphatic hydroxyl groups excluding tert-OH is 2. The Hall–Kier alpha value is -5.10. The molecule has 12 heteroatoms. The Morgan fingerprint density at radius 2 is 1.02 bits per heavy atom. The Kier molecular flexibility index (Phi) is 27.5. The van der Waals surface area contributed by atoms with Gasteiger partial charge in [0, 0.05) is 25.2 Å². The molecule has 6 aromatic rings. The summed E-state index contributed by atoms with van der Waals surface area (Å²) in [5, 5.41) is 24.2. The molecular formula is C52H65Cl3N2O7. The molecule has 9 nitrogen and oxygen atoms in total. The Bertz CT molecular complexity index is 2160. The van der Waals surface area contributed by atoms with Crippen molar-refractivity contribution >= 4 is 41.9 Å². The predicted octanol–water partition coefficient (Wildman–Crippen LogP) is 12.4. The van der Waals surface area contributed by atoms with Crippen LogP contribution in [0.2, 0.25) is 10.0 Å². The molecule has 0 radical (unpaired) electrons. The number of carbonyl (C=O) groups is 1. The lowest BCUT2D eigenvalue weighted by atomic mass is 10.1. The molecule has 0 heterocycles. The van der Waals surface area contributed by atoms with Crippen molar-refractivity contribution in [3.05, 3.63) is 189 Å². The van der Waals surface area contributed by atoms with Crippen molar-refractivity contribution in [1.82, 2.24) is 5.32 Å². The minimum absolute atomic E-state index is 0. The highest BCUT2D eigenvalue weighted by Crippen LogP contribution is 2.30. The first-order valence-electron chi connectivity index (χ1n) is 20.1. The molecule has 0 spiro atoms. The number of benzene rings is 6. The van der Waals surface area contributed by atoms with Crippen LogP contribution in [0.3, 0.4) is 0 Å². The third kappa shape index (κ3) is 20.6. The molecule has 64 heavy (non-hydrogen) atoms. The lowest BCUT2D eigenvalue weighted by molar-refractivity contribution is 0.112. The Balaban J connectivity index is 0.000000512. The van der Waals surface area contributed by atoms with E-state index in [1.54, 1.807) is 54.6 Å². The predicted molar refractivity (Wildman–Crippen MR) is 266 cm³/mol. The molecule has 0 fully saturated rings. The summed E-state index contributed by atoms with van der Waals surface area (Å²) in [7, 11) is 0. The average molecular weight is 936 g/mol. The molecule has 0 saturated carbocycles. The van der Waals surface area contributed by atoms with Crippen molar-refractivity contribution in [2.24, 2.45) is 5.73 Å². The largest absolute Gasteiger partial charge is 0.489 e. The van der Waals surface area contributed by atoms with Crippen LogP contribution in [0.15, 0.2) is 146 Å². The summed E-state index contributed by atoms with van der Waals surface area (Å²) < 4.78 is 22.5. The average Bonchev–Trinajstić information content (AvgIpc) is 3.27. The van der Waals surface area contributed by atoms with Gasteiger partial charge in [0.1, 0.15) is 42.5 Å².